The van der Waals surface area contributed by atoms with Crippen LogP contribution in [0.1, 0.15) is 39.3 Å². The highest BCUT2D eigenvalue weighted by atomic mass is 35.5. The van der Waals surface area contributed by atoms with Gasteiger partial charge >= 0.3 is 0 Å². The zero-order valence-corrected chi connectivity index (χ0v) is 12.4. The van der Waals surface area contributed by atoms with Gasteiger partial charge < -0.3 is 4.55 Å². The Morgan fingerprint density at radius 2 is 1.94 bits per heavy atom. The van der Waals surface area contributed by atoms with Gasteiger partial charge in [0.05, 0.1) is 6.04 Å². The Bertz CT molecular complexity index is 398. The molecular weight excluding hydrogens is 281 g/mol. The maximum Gasteiger partial charge on any atom is 0.156 e. The summed E-state index contributed by atoms with van der Waals surface area (Å²) in [4.78, 5) is 0. The maximum atomic E-state index is 11.9. The third-order valence-corrected chi connectivity index (χ3v) is 4.21. The van der Waals surface area contributed by atoms with Gasteiger partial charge in [-0.1, -0.05) is 23.2 Å². The molecule has 2 unspecified atom stereocenters. The van der Waals surface area contributed by atoms with Gasteiger partial charge in [0.1, 0.15) is 4.75 Å². The van der Waals surface area contributed by atoms with Gasteiger partial charge in [0.2, 0.25) is 0 Å². The van der Waals surface area contributed by atoms with Gasteiger partial charge in [-0.05, 0) is 33.8 Å². The smallest absolute Gasteiger partial charge is 0.156 e. The summed E-state index contributed by atoms with van der Waals surface area (Å²) in [5.41, 5.74) is 0.685. The second kappa shape index (κ2) is 5.71. The van der Waals surface area contributed by atoms with E-state index in [9.17, 15) is 4.55 Å². The van der Waals surface area contributed by atoms with E-state index < -0.39 is 11.4 Å². The summed E-state index contributed by atoms with van der Waals surface area (Å²) >= 11 is 10.5. The Hall–Kier alpha value is -0.0700. The molecule has 0 saturated heterocycles. The fraction of sp³-hybridized carbons (Fsp3) is 0.600. The summed E-state index contributed by atoms with van der Waals surface area (Å²) < 4.78 is 14.6. The van der Waals surface area contributed by atoms with Crippen molar-refractivity contribution in [3.8, 4) is 0 Å². The first kappa shape index (κ1) is 15.0. The molecule has 1 aromatic heterocycles. The van der Waals surface area contributed by atoms with Crippen LogP contribution in [0.5, 0.6) is 0 Å². The number of hydrogen-bond acceptors (Lipinski definition) is 4. The molecule has 0 aliphatic heterocycles. The minimum absolute atomic E-state index is 0.212. The first-order valence-electron chi connectivity index (χ1n) is 5.08. The zero-order valence-electron chi connectivity index (χ0n) is 10.1. The summed E-state index contributed by atoms with van der Waals surface area (Å²) in [6, 6.07) is 1.41. The van der Waals surface area contributed by atoms with Crippen LogP contribution in [0.2, 0.25) is 10.3 Å². The van der Waals surface area contributed by atoms with E-state index in [1.54, 1.807) is 6.07 Å². The van der Waals surface area contributed by atoms with Gasteiger partial charge in [-0.15, -0.1) is 14.9 Å². The Kier molecular flexibility index (Phi) is 5.04. The summed E-state index contributed by atoms with van der Waals surface area (Å²) in [6.45, 7) is 7.52. The van der Waals surface area contributed by atoms with E-state index in [2.05, 4.69) is 14.9 Å². The van der Waals surface area contributed by atoms with E-state index >= 15 is 0 Å². The molecule has 1 aromatic rings. The van der Waals surface area contributed by atoms with Gasteiger partial charge in [0.15, 0.2) is 10.3 Å². The Morgan fingerprint density at radius 1 is 1.35 bits per heavy atom. The zero-order chi connectivity index (χ0) is 13.2. The quantitative estimate of drug-likeness (QED) is 0.871. The molecule has 1 rings (SSSR count). The van der Waals surface area contributed by atoms with Crippen LogP contribution in [-0.4, -0.2) is 19.5 Å². The molecular formula is C10H15Cl2N3OS. The lowest BCUT2D eigenvalue weighted by Crippen LogP contribution is -2.40. The summed E-state index contributed by atoms with van der Waals surface area (Å²) in [6.07, 6.45) is 0. The fourth-order valence-electron chi connectivity index (χ4n) is 1.07. The van der Waals surface area contributed by atoms with E-state index in [4.69, 9.17) is 23.2 Å². The van der Waals surface area contributed by atoms with Gasteiger partial charge in [-0.3, -0.25) is 0 Å². The van der Waals surface area contributed by atoms with Crippen LogP contribution < -0.4 is 4.72 Å². The predicted octanol–water partition coefficient (Wildman–Crippen LogP) is 2.90. The van der Waals surface area contributed by atoms with Crippen molar-refractivity contribution in [3.63, 3.8) is 0 Å². The monoisotopic (exact) mass is 295 g/mol. The Balaban J connectivity index is 2.83. The van der Waals surface area contributed by atoms with Crippen molar-refractivity contribution in [1.82, 2.24) is 14.9 Å². The molecule has 0 spiro atoms. The van der Waals surface area contributed by atoms with Crippen molar-refractivity contribution < 1.29 is 4.55 Å². The summed E-state index contributed by atoms with van der Waals surface area (Å²) in [7, 11) is 0. The van der Waals surface area contributed by atoms with E-state index in [1.165, 1.54) is 0 Å². The summed E-state index contributed by atoms with van der Waals surface area (Å²) in [5.74, 6) is 0. The molecule has 17 heavy (non-hydrogen) atoms. The highest BCUT2D eigenvalue weighted by Gasteiger charge is 2.29. The van der Waals surface area contributed by atoms with Gasteiger partial charge in [0, 0.05) is 16.9 Å². The molecule has 0 amide bonds. The first-order valence-corrected chi connectivity index (χ1v) is 6.99. The number of nitrogens with zero attached hydrogens (tertiary/aromatic N) is 2. The molecule has 96 valence electrons. The van der Waals surface area contributed by atoms with Gasteiger partial charge in [-0.2, -0.15) is 0 Å². The number of nitrogens with one attached hydrogen (secondary N) is 1. The lowest BCUT2D eigenvalue weighted by molar-refractivity contribution is 0.531. The molecule has 1 heterocycles. The normalized spacial score (nSPS) is 15.7. The summed E-state index contributed by atoms with van der Waals surface area (Å²) in [5, 5.41) is 7.87. The van der Waals surface area contributed by atoms with Crippen molar-refractivity contribution in [3.05, 3.63) is 21.9 Å². The largest absolute Gasteiger partial charge is 0.598 e. The first-order chi connectivity index (χ1) is 7.71. The lowest BCUT2D eigenvalue weighted by Gasteiger charge is -2.26. The van der Waals surface area contributed by atoms with E-state index in [1.807, 2.05) is 27.7 Å². The molecule has 0 bridgehead atoms. The second-order valence-electron chi connectivity index (χ2n) is 4.63. The minimum Gasteiger partial charge on any atom is -0.598 e. The number of aromatic nitrogens is 2. The molecule has 0 aromatic carbocycles. The third kappa shape index (κ3) is 4.26. The molecule has 0 aliphatic carbocycles. The van der Waals surface area contributed by atoms with Crippen LogP contribution in [0.15, 0.2) is 6.07 Å². The average Bonchev–Trinajstić information content (AvgIpc) is 2.20. The number of hydrogen-bond donors (Lipinski definition) is 1. The van der Waals surface area contributed by atoms with Crippen LogP contribution in [0.4, 0.5) is 0 Å². The molecule has 0 radical (unpaired) electrons. The molecule has 4 nitrogen and oxygen atoms in total. The molecule has 0 aliphatic rings. The molecule has 0 fully saturated rings. The van der Waals surface area contributed by atoms with Crippen LogP contribution in [0.3, 0.4) is 0 Å². The fourth-order valence-corrected chi connectivity index (χ4v) is 2.28. The molecule has 2 atom stereocenters. The Labute approximate surface area is 114 Å². The van der Waals surface area contributed by atoms with Crippen LogP contribution in [-0.2, 0) is 11.4 Å². The number of rotatable bonds is 3. The van der Waals surface area contributed by atoms with Crippen LogP contribution in [0, 0.1) is 0 Å². The predicted molar refractivity (Wildman–Crippen MR) is 71.5 cm³/mol. The highest BCUT2D eigenvalue weighted by Crippen LogP contribution is 2.25. The van der Waals surface area contributed by atoms with Crippen molar-refractivity contribution in [2.45, 2.75) is 38.5 Å². The van der Waals surface area contributed by atoms with E-state index in [0.29, 0.717) is 5.56 Å². The molecule has 1 N–H and O–H groups in total. The second-order valence-corrected chi connectivity index (χ2v) is 7.38. The van der Waals surface area contributed by atoms with Crippen LogP contribution in [0.25, 0.3) is 0 Å². The van der Waals surface area contributed by atoms with Crippen LogP contribution >= 0.6 is 23.2 Å². The molecule has 7 heteroatoms. The van der Waals surface area contributed by atoms with E-state index in [0.717, 1.165) is 0 Å². The Morgan fingerprint density at radius 3 is 2.47 bits per heavy atom. The lowest BCUT2D eigenvalue weighted by atomic mass is 10.2. The molecule has 0 saturated carbocycles. The number of halogens is 2. The SMILES string of the molecule is CC(N[S+]([O-])C(C)(C)C)c1cc(Cl)nnc1Cl. The van der Waals surface area contributed by atoms with Crippen molar-refractivity contribution in [2.75, 3.05) is 0 Å². The average molecular weight is 296 g/mol. The van der Waals surface area contributed by atoms with E-state index in [-0.39, 0.29) is 21.1 Å². The highest BCUT2D eigenvalue weighted by molar-refractivity contribution is 7.90. The standard InChI is InChI=1S/C10H15Cl2N3OS/c1-6(15-17(16)10(2,3)4)7-5-8(11)13-14-9(7)12/h5-6,15H,1-4H3. The maximum absolute atomic E-state index is 11.9. The van der Waals surface area contributed by atoms with Crippen molar-refractivity contribution in [1.29, 1.82) is 0 Å². The topological polar surface area (TPSA) is 60.9 Å². The van der Waals surface area contributed by atoms with Crippen molar-refractivity contribution in [2.24, 2.45) is 0 Å². The third-order valence-electron chi connectivity index (χ3n) is 2.05. The van der Waals surface area contributed by atoms with Crippen molar-refractivity contribution >= 4 is 34.6 Å². The minimum atomic E-state index is -1.18. The van der Waals surface area contributed by atoms with Gasteiger partial charge in [0.25, 0.3) is 0 Å². The van der Waals surface area contributed by atoms with Gasteiger partial charge in [-0.25, -0.2) is 0 Å².